The first-order valence-corrected chi connectivity index (χ1v) is 6.90. The Kier molecular flexibility index (Phi) is 4.43. The third kappa shape index (κ3) is 3.47. The lowest BCUT2D eigenvalue weighted by Crippen LogP contribution is -2.07. The van der Waals surface area contributed by atoms with E-state index < -0.39 is 0 Å². The van der Waals surface area contributed by atoms with Crippen molar-refractivity contribution in [2.75, 3.05) is 17.6 Å². The Morgan fingerprint density at radius 1 is 1.26 bits per heavy atom. The molecule has 0 aliphatic heterocycles. The maximum absolute atomic E-state index is 13.5. The Morgan fingerprint density at radius 2 is 2.00 bits per heavy atom. The van der Waals surface area contributed by atoms with Gasteiger partial charge in [0.05, 0.1) is 0 Å². The number of nitrogens with two attached hydrogens (primary N) is 1. The lowest BCUT2D eigenvalue weighted by Gasteiger charge is -2.11. The Morgan fingerprint density at radius 3 is 2.74 bits per heavy atom. The Balaban J connectivity index is 2.00. The fourth-order valence-corrected chi connectivity index (χ4v) is 2.37. The standard InChI is InChI=1S/C15H16BrFN2/c1-10-8-15(12(16)9-14(10)18)19-7-6-11-4-2-3-5-13(11)17/h2-5,8-9,19H,6-7,18H2,1H3. The molecule has 2 rings (SSSR count). The number of hydrogen-bond donors (Lipinski definition) is 2. The molecule has 2 aromatic carbocycles. The summed E-state index contributed by atoms with van der Waals surface area (Å²) >= 11 is 3.47. The van der Waals surface area contributed by atoms with Crippen molar-refractivity contribution in [1.29, 1.82) is 0 Å². The van der Waals surface area contributed by atoms with Crippen LogP contribution in [0.2, 0.25) is 0 Å². The molecule has 0 spiro atoms. The summed E-state index contributed by atoms with van der Waals surface area (Å²) in [5, 5.41) is 3.29. The van der Waals surface area contributed by atoms with E-state index in [1.807, 2.05) is 25.1 Å². The Bertz CT molecular complexity index is 584. The number of aryl methyl sites for hydroxylation is 1. The number of rotatable bonds is 4. The van der Waals surface area contributed by atoms with Gasteiger partial charge in [0.1, 0.15) is 5.82 Å². The Labute approximate surface area is 121 Å². The molecule has 3 N–H and O–H groups in total. The van der Waals surface area contributed by atoms with E-state index in [2.05, 4.69) is 21.2 Å². The second-order valence-electron chi connectivity index (χ2n) is 4.46. The highest BCUT2D eigenvalue weighted by molar-refractivity contribution is 9.10. The van der Waals surface area contributed by atoms with Crippen LogP contribution in [0.4, 0.5) is 15.8 Å². The predicted molar refractivity (Wildman–Crippen MR) is 81.9 cm³/mol. The summed E-state index contributed by atoms with van der Waals surface area (Å²) in [7, 11) is 0. The van der Waals surface area contributed by atoms with Crippen LogP contribution in [0, 0.1) is 12.7 Å². The quantitative estimate of drug-likeness (QED) is 0.830. The second kappa shape index (κ2) is 6.06. The van der Waals surface area contributed by atoms with Crippen molar-refractivity contribution in [2.24, 2.45) is 0 Å². The van der Waals surface area contributed by atoms with E-state index >= 15 is 0 Å². The lowest BCUT2D eigenvalue weighted by atomic mass is 10.1. The third-order valence-corrected chi connectivity index (χ3v) is 3.68. The molecular formula is C15H16BrFN2. The van der Waals surface area contributed by atoms with Gasteiger partial charge < -0.3 is 11.1 Å². The summed E-state index contributed by atoms with van der Waals surface area (Å²) < 4.78 is 14.4. The average molecular weight is 323 g/mol. The van der Waals surface area contributed by atoms with Gasteiger partial charge in [0.2, 0.25) is 0 Å². The molecule has 0 amide bonds. The molecule has 19 heavy (non-hydrogen) atoms. The molecule has 2 aromatic rings. The van der Waals surface area contributed by atoms with Crippen molar-refractivity contribution in [3.63, 3.8) is 0 Å². The molecule has 0 bridgehead atoms. The van der Waals surface area contributed by atoms with Gasteiger partial charge in [0.15, 0.2) is 0 Å². The summed E-state index contributed by atoms with van der Waals surface area (Å²) in [6.45, 7) is 2.63. The van der Waals surface area contributed by atoms with Gasteiger partial charge in [-0.15, -0.1) is 0 Å². The van der Waals surface area contributed by atoms with Crippen LogP contribution in [0.15, 0.2) is 40.9 Å². The van der Waals surface area contributed by atoms with E-state index in [9.17, 15) is 4.39 Å². The topological polar surface area (TPSA) is 38.0 Å². The number of hydrogen-bond acceptors (Lipinski definition) is 2. The normalized spacial score (nSPS) is 10.5. The molecule has 0 aromatic heterocycles. The minimum absolute atomic E-state index is 0.156. The van der Waals surface area contributed by atoms with Crippen LogP contribution in [0.3, 0.4) is 0 Å². The molecule has 2 nitrogen and oxygen atoms in total. The van der Waals surface area contributed by atoms with Crippen molar-refractivity contribution >= 4 is 27.3 Å². The third-order valence-electron chi connectivity index (χ3n) is 3.02. The number of anilines is 2. The van der Waals surface area contributed by atoms with Gasteiger partial charge in [-0.3, -0.25) is 0 Å². The molecule has 0 atom stereocenters. The van der Waals surface area contributed by atoms with Crippen LogP contribution in [-0.4, -0.2) is 6.54 Å². The van der Waals surface area contributed by atoms with Gasteiger partial charge in [0, 0.05) is 22.4 Å². The Hall–Kier alpha value is -1.55. The van der Waals surface area contributed by atoms with Gasteiger partial charge in [-0.1, -0.05) is 18.2 Å². The number of halogens is 2. The zero-order valence-electron chi connectivity index (χ0n) is 10.7. The van der Waals surface area contributed by atoms with Gasteiger partial charge in [-0.2, -0.15) is 0 Å². The fourth-order valence-electron chi connectivity index (χ4n) is 1.87. The van der Waals surface area contributed by atoms with E-state index in [0.29, 0.717) is 13.0 Å². The zero-order valence-corrected chi connectivity index (χ0v) is 12.3. The molecule has 0 heterocycles. The van der Waals surface area contributed by atoms with E-state index in [4.69, 9.17) is 5.73 Å². The van der Waals surface area contributed by atoms with Crippen LogP contribution in [-0.2, 0) is 6.42 Å². The van der Waals surface area contributed by atoms with E-state index in [1.54, 1.807) is 12.1 Å². The highest BCUT2D eigenvalue weighted by Gasteiger charge is 2.04. The molecule has 0 unspecified atom stereocenters. The highest BCUT2D eigenvalue weighted by atomic mass is 79.9. The SMILES string of the molecule is Cc1cc(NCCc2ccccc2F)c(Br)cc1N. The first-order chi connectivity index (χ1) is 9.08. The van der Waals surface area contributed by atoms with Crippen molar-refractivity contribution in [2.45, 2.75) is 13.3 Å². The van der Waals surface area contributed by atoms with Crippen LogP contribution >= 0.6 is 15.9 Å². The summed E-state index contributed by atoms with van der Waals surface area (Å²) in [4.78, 5) is 0. The molecular weight excluding hydrogens is 307 g/mol. The molecule has 0 aliphatic rings. The summed E-state index contributed by atoms with van der Waals surface area (Å²) in [5.41, 5.74) is 9.30. The smallest absolute Gasteiger partial charge is 0.126 e. The van der Waals surface area contributed by atoms with Gasteiger partial charge >= 0.3 is 0 Å². The molecule has 0 fully saturated rings. The van der Waals surface area contributed by atoms with Crippen molar-refractivity contribution in [3.05, 3.63) is 57.8 Å². The number of nitrogens with one attached hydrogen (secondary N) is 1. The van der Waals surface area contributed by atoms with E-state index in [-0.39, 0.29) is 5.82 Å². The first kappa shape index (κ1) is 13.9. The highest BCUT2D eigenvalue weighted by Crippen LogP contribution is 2.27. The number of benzene rings is 2. The molecule has 0 saturated heterocycles. The summed E-state index contributed by atoms with van der Waals surface area (Å²) in [6, 6.07) is 10.7. The minimum Gasteiger partial charge on any atom is -0.398 e. The van der Waals surface area contributed by atoms with Crippen molar-refractivity contribution < 1.29 is 4.39 Å². The average Bonchev–Trinajstić information content (AvgIpc) is 2.38. The second-order valence-corrected chi connectivity index (χ2v) is 5.31. The summed E-state index contributed by atoms with van der Waals surface area (Å²) in [6.07, 6.45) is 0.641. The molecule has 0 radical (unpaired) electrons. The largest absolute Gasteiger partial charge is 0.398 e. The first-order valence-electron chi connectivity index (χ1n) is 6.11. The molecule has 0 aliphatic carbocycles. The van der Waals surface area contributed by atoms with E-state index in [0.717, 1.165) is 27.0 Å². The van der Waals surface area contributed by atoms with Gasteiger partial charge in [-0.05, 0) is 58.6 Å². The fraction of sp³-hybridized carbons (Fsp3) is 0.200. The van der Waals surface area contributed by atoms with Crippen molar-refractivity contribution in [1.82, 2.24) is 0 Å². The maximum Gasteiger partial charge on any atom is 0.126 e. The van der Waals surface area contributed by atoms with Crippen LogP contribution < -0.4 is 11.1 Å². The lowest BCUT2D eigenvalue weighted by molar-refractivity contribution is 0.610. The monoisotopic (exact) mass is 322 g/mol. The van der Waals surface area contributed by atoms with Gasteiger partial charge in [-0.25, -0.2) is 4.39 Å². The molecule has 4 heteroatoms. The van der Waals surface area contributed by atoms with E-state index in [1.165, 1.54) is 6.07 Å². The molecule has 100 valence electrons. The summed E-state index contributed by atoms with van der Waals surface area (Å²) in [5.74, 6) is -0.156. The molecule has 0 saturated carbocycles. The van der Waals surface area contributed by atoms with Crippen molar-refractivity contribution in [3.8, 4) is 0 Å². The van der Waals surface area contributed by atoms with Crippen LogP contribution in [0.25, 0.3) is 0 Å². The van der Waals surface area contributed by atoms with Gasteiger partial charge in [0.25, 0.3) is 0 Å². The predicted octanol–water partition coefficient (Wildman–Crippen LogP) is 4.13. The van der Waals surface area contributed by atoms with Crippen LogP contribution in [0.5, 0.6) is 0 Å². The maximum atomic E-state index is 13.5. The zero-order chi connectivity index (χ0) is 13.8. The minimum atomic E-state index is -0.156. The van der Waals surface area contributed by atoms with Crippen LogP contribution in [0.1, 0.15) is 11.1 Å². The number of nitrogen functional groups attached to an aromatic ring is 1.